The third-order valence-corrected chi connectivity index (χ3v) is 2.79. The van der Waals surface area contributed by atoms with Crippen molar-refractivity contribution in [2.24, 2.45) is 0 Å². The topological polar surface area (TPSA) is 78.6 Å². The molecule has 2 aromatic rings. The number of hydrogen-bond donors (Lipinski definition) is 2. The maximum absolute atomic E-state index is 5.80. The van der Waals surface area contributed by atoms with Crippen LogP contribution in [0.4, 0.5) is 17.2 Å². The van der Waals surface area contributed by atoms with Gasteiger partial charge in [0, 0.05) is 23.9 Å². The van der Waals surface area contributed by atoms with Gasteiger partial charge in [-0.1, -0.05) is 0 Å². The molecule has 0 radical (unpaired) electrons. The summed E-state index contributed by atoms with van der Waals surface area (Å²) in [5, 5.41) is 3.17. The zero-order valence-corrected chi connectivity index (χ0v) is 12.3. The number of aromatic nitrogens is 1. The van der Waals surface area contributed by atoms with Crippen molar-refractivity contribution in [1.29, 1.82) is 0 Å². The summed E-state index contributed by atoms with van der Waals surface area (Å²) in [6.45, 7) is 2.39. The summed E-state index contributed by atoms with van der Waals surface area (Å²) in [7, 11) is 3.21. The number of rotatable bonds is 6. The zero-order chi connectivity index (χ0) is 15.2. The lowest BCUT2D eigenvalue weighted by Crippen LogP contribution is -2.02. The second-order valence-corrected chi connectivity index (χ2v) is 4.25. The molecule has 112 valence electrons. The van der Waals surface area contributed by atoms with E-state index in [-0.39, 0.29) is 0 Å². The lowest BCUT2D eigenvalue weighted by Gasteiger charge is -2.12. The van der Waals surface area contributed by atoms with E-state index in [0.29, 0.717) is 35.5 Å². The van der Waals surface area contributed by atoms with Crippen molar-refractivity contribution >= 4 is 17.2 Å². The smallest absolute Gasteiger partial charge is 0.239 e. The van der Waals surface area contributed by atoms with Gasteiger partial charge in [0.2, 0.25) is 5.88 Å². The van der Waals surface area contributed by atoms with Gasteiger partial charge < -0.3 is 25.3 Å². The number of nitrogen functional groups attached to an aromatic ring is 1. The predicted molar refractivity (Wildman–Crippen MR) is 82.6 cm³/mol. The normalized spacial score (nSPS) is 10.0. The van der Waals surface area contributed by atoms with Gasteiger partial charge in [0.15, 0.2) is 0 Å². The minimum Gasteiger partial charge on any atom is -0.497 e. The largest absolute Gasteiger partial charge is 0.497 e. The van der Waals surface area contributed by atoms with Gasteiger partial charge in [0.05, 0.1) is 26.5 Å². The second kappa shape index (κ2) is 6.69. The molecular formula is C15H19N3O3. The highest BCUT2D eigenvalue weighted by atomic mass is 16.5. The molecule has 0 saturated carbocycles. The van der Waals surface area contributed by atoms with Crippen molar-refractivity contribution in [1.82, 2.24) is 4.98 Å². The Morgan fingerprint density at radius 1 is 1.10 bits per heavy atom. The fourth-order valence-electron chi connectivity index (χ4n) is 1.80. The molecule has 0 bridgehead atoms. The van der Waals surface area contributed by atoms with Crippen molar-refractivity contribution in [3.05, 3.63) is 30.3 Å². The molecule has 1 aromatic heterocycles. The number of nitrogens with zero attached hydrogens (tertiary/aromatic N) is 1. The molecule has 1 aromatic carbocycles. The fraction of sp³-hybridized carbons (Fsp3) is 0.267. The number of benzene rings is 1. The fourth-order valence-corrected chi connectivity index (χ4v) is 1.80. The Morgan fingerprint density at radius 2 is 1.76 bits per heavy atom. The van der Waals surface area contributed by atoms with Crippen LogP contribution < -0.4 is 25.3 Å². The molecule has 0 aliphatic carbocycles. The maximum Gasteiger partial charge on any atom is 0.239 e. The van der Waals surface area contributed by atoms with E-state index in [0.717, 1.165) is 5.69 Å². The molecule has 0 saturated heterocycles. The molecule has 0 amide bonds. The van der Waals surface area contributed by atoms with Crippen LogP contribution in [0.1, 0.15) is 6.92 Å². The highest BCUT2D eigenvalue weighted by molar-refractivity contribution is 5.63. The Morgan fingerprint density at radius 3 is 2.33 bits per heavy atom. The molecule has 0 aliphatic heterocycles. The van der Waals surface area contributed by atoms with E-state index in [1.54, 1.807) is 32.4 Å². The number of anilines is 3. The van der Waals surface area contributed by atoms with Gasteiger partial charge in [-0.25, -0.2) is 0 Å². The van der Waals surface area contributed by atoms with Crippen LogP contribution in [0.3, 0.4) is 0 Å². The molecule has 0 aliphatic rings. The van der Waals surface area contributed by atoms with Crippen LogP contribution in [0.2, 0.25) is 0 Å². The first-order valence-electron chi connectivity index (χ1n) is 6.55. The predicted octanol–water partition coefficient (Wildman–Crippen LogP) is 2.82. The van der Waals surface area contributed by atoms with Crippen molar-refractivity contribution in [2.75, 3.05) is 31.9 Å². The Labute approximate surface area is 123 Å². The Kier molecular flexibility index (Phi) is 4.71. The van der Waals surface area contributed by atoms with E-state index in [1.165, 1.54) is 0 Å². The van der Waals surface area contributed by atoms with Gasteiger partial charge in [0.25, 0.3) is 0 Å². The van der Waals surface area contributed by atoms with E-state index in [1.807, 2.05) is 19.1 Å². The minimum absolute atomic E-state index is 0.414. The molecule has 6 nitrogen and oxygen atoms in total. The minimum atomic E-state index is 0.414. The Hall–Kier alpha value is -2.63. The Bertz CT molecular complexity index is 595. The summed E-state index contributed by atoms with van der Waals surface area (Å²) < 4.78 is 15.8. The molecule has 21 heavy (non-hydrogen) atoms. The molecule has 1 heterocycles. The SMILES string of the molecule is CCOc1nc(Nc2cc(OC)cc(OC)c2)ccc1N. The van der Waals surface area contributed by atoms with Crippen LogP contribution >= 0.6 is 0 Å². The number of pyridine rings is 1. The van der Waals surface area contributed by atoms with Crippen LogP contribution in [0, 0.1) is 0 Å². The molecular weight excluding hydrogens is 270 g/mol. The molecule has 0 unspecified atom stereocenters. The average Bonchev–Trinajstić information content (AvgIpc) is 2.50. The first kappa shape index (κ1) is 14.8. The van der Waals surface area contributed by atoms with E-state index in [9.17, 15) is 0 Å². The third kappa shape index (κ3) is 3.68. The van der Waals surface area contributed by atoms with Crippen LogP contribution in [0.15, 0.2) is 30.3 Å². The summed E-state index contributed by atoms with van der Waals surface area (Å²) in [6.07, 6.45) is 0. The highest BCUT2D eigenvalue weighted by Crippen LogP contribution is 2.29. The van der Waals surface area contributed by atoms with Crippen molar-refractivity contribution < 1.29 is 14.2 Å². The van der Waals surface area contributed by atoms with Crippen LogP contribution in [0.25, 0.3) is 0 Å². The monoisotopic (exact) mass is 289 g/mol. The van der Waals surface area contributed by atoms with E-state index >= 15 is 0 Å². The van der Waals surface area contributed by atoms with Crippen LogP contribution in [-0.4, -0.2) is 25.8 Å². The lowest BCUT2D eigenvalue weighted by atomic mass is 10.2. The number of hydrogen-bond acceptors (Lipinski definition) is 6. The molecule has 0 fully saturated rings. The average molecular weight is 289 g/mol. The van der Waals surface area contributed by atoms with Gasteiger partial charge in [-0.2, -0.15) is 4.98 Å². The van der Waals surface area contributed by atoms with Gasteiger partial charge in [-0.05, 0) is 19.1 Å². The highest BCUT2D eigenvalue weighted by Gasteiger charge is 2.06. The van der Waals surface area contributed by atoms with Crippen LogP contribution in [-0.2, 0) is 0 Å². The molecule has 6 heteroatoms. The molecule has 0 spiro atoms. The van der Waals surface area contributed by atoms with Gasteiger partial charge in [-0.3, -0.25) is 0 Å². The maximum atomic E-state index is 5.80. The first-order chi connectivity index (χ1) is 10.2. The van der Waals surface area contributed by atoms with Gasteiger partial charge >= 0.3 is 0 Å². The van der Waals surface area contributed by atoms with Crippen LogP contribution in [0.5, 0.6) is 17.4 Å². The van der Waals surface area contributed by atoms with Gasteiger partial charge in [0.1, 0.15) is 17.3 Å². The number of ether oxygens (including phenoxy) is 3. The van der Waals surface area contributed by atoms with Crippen molar-refractivity contribution in [3.8, 4) is 17.4 Å². The molecule has 2 rings (SSSR count). The van der Waals surface area contributed by atoms with E-state index in [4.69, 9.17) is 19.9 Å². The first-order valence-corrected chi connectivity index (χ1v) is 6.55. The number of methoxy groups -OCH3 is 2. The summed E-state index contributed by atoms with van der Waals surface area (Å²) in [4.78, 5) is 4.33. The Balaban J connectivity index is 2.27. The zero-order valence-electron chi connectivity index (χ0n) is 12.3. The van der Waals surface area contributed by atoms with Crippen molar-refractivity contribution in [3.63, 3.8) is 0 Å². The number of nitrogens with one attached hydrogen (secondary N) is 1. The lowest BCUT2D eigenvalue weighted by molar-refractivity contribution is 0.329. The summed E-state index contributed by atoms with van der Waals surface area (Å²) >= 11 is 0. The summed E-state index contributed by atoms with van der Waals surface area (Å²) in [5.74, 6) is 2.43. The van der Waals surface area contributed by atoms with E-state index < -0.39 is 0 Å². The van der Waals surface area contributed by atoms with Gasteiger partial charge in [-0.15, -0.1) is 0 Å². The van der Waals surface area contributed by atoms with E-state index in [2.05, 4.69) is 10.3 Å². The quantitative estimate of drug-likeness (QED) is 0.851. The summed E-state index contributed by atoms with van der Waals surface area (Å²) in [5.41, 5.74) is 7.11. The standard InChI is InChI=1S/C15H19N3O3/c1-4-21-15-13(16)5-6-14(18-15)17-10-7-11(19-2)9-12(8-10)20-3/h5-9H,4,16H2,1-3H3,(H,17,18). The number of nitrogens with two attached hydrogens (primary N) is 1. The third-order valence-electron chi connectivity index (χ3n) is 2.79. The molecule has 0 atom stereocenters. The molecule has 3 N–H and O–H groups in total. The van der Waals surface area contributed by atoms with Crippen molar-refractivity contribution in [2.45, 2.75) is 6.92 Å². The second-order valence-electron chi connectivity index (χ2n) is 4.25. The summed E-state index contributed by atoms with van der Waals surface area (Å²) in [6, 6.07) is 9.02.